The molecular weight excluding hydrogens is 1020 g/mol. The molecule has 1 saturated carbocycles. The van der Waals surface area contributed by atoms with Gasteiger partial charge >= 0.3 is 30.5 Å². The smallest absolute Gasteiger partial charge is 0.410 e. The highest BCUT2D eigenvalue weighted by Gasteiger charge is 2.55. The van der Waals surface area contributed by atoms with E-state index >= 15 is 0 Å². The van der Waals surface area contributed by atoms with Crippen molar-refractivity contribution in [1.29, 1.82) is 0 Å². The number of aliphatic hydroxyl groups excluding tert-OH is 2. The van der Waals surface area contributed by atoms with Gasteiger partial charge in [-0.15, -0.1) is 0 Å². The normalized spacial score (nSPS) is 30.0. The molecule has 3 aliphatic heterocycles. The lowest BCUT2D eigenvalue weighted by atomic mass is 9.83. The molecule has 6 N–H and O–H groups in total. The fourth-order valence-corrected chi connectivity index (χ4v) is 9.37. The molecule has 5 rings (SSSR count). The second-order valence-corrected chi connectivity index (χ2v) is 24.6. The maximum Gasteiger partial charge on any atom is 0.410 e. The van der Waals surface area contributed by atoms with Gasteiger partial charge in [0.2, 0.25) is 0 Å². The molecule has 0 spiro atoms. The number of ether oxygens (including phenoxy) is 11. The maximum absolute atomic E-state index is 13.8. The van der Waals surface area contributed by atoms with Crippen LogP contribution in [-0.4, -0.2) is 197 Å². The molecule has 3 heterocycles. The van der Waals surface area contributed by atoms with Crippen molar-refractivity contribution in [3.63, 3.8) is 0 Å². The molecule has 13 atom stereocenters. The van der Waals surface area contributed by atoms with Crippen molar-refractivity contribution in [2.24, 2.45) is 0 Å². The van der Waals surface area contributed by atoms with Crippen LogP contribution in [-0.2, 0) is 58.7 Å². The summed E-state index contributed by atoms with van der Waals surface area (Å²) in [4.78, 5) is 70.7. The highest BCUT2D eigenvalue weighted by molar-refractivity contribution is 5.70. The van der Waals surface area contributed by atoms with Gasteiger partial charge in [0, 0.05) is 20.2 Å². The van der Waals surface area contributed by atoms with Crippen LogP contribution in [0.3, 0.4) is 0 Å². The van der Waals surface area contributed by atoms with Crippen LogP contribution in [0.25, 0.3) is 0 Å². The number of carbonyl (C=O) groups is 5. The van der Waals surface area contributed by atoms with Gasteiger partial charge in [-0.2, -0.15) is 0 Å². The second kappa shape index (κ2) is 27.1. The van der Waals surface area contributed by atoms with Crippen molar-refractivity contribution < 1.29 is 91.4 Å². The van der Waals surface area contributed by atoms with E-state index in [1.165, 1.54) is 18.9 Å². The predicted octanol–water partition coefficient (Wildman–Crippen LogP) is 5.59. The Bertz CT molecular complexity index is 2100. The minimum atomic E-state index is -1.87. The van der Waals surface area contributed by atoms with Crippen molar-refractivity contribution in [2.75, 3.05) is 40.0 Å². The topological polar surface area (TPSA) is 290 Å². The number of hydrogen-bond acceptors (Lipinski definition) is 19. The molecule has 24 nitrogen and oxygen atoms in total. The van der Waals surface area contributed by atoms with E-state index in [1.807, 2.05) is 0 Å². The minimum Gasteiger partial charge on any atom is -0.445 e. The van der Waals surface area contributed by atoms with Gasteiger partial charge in [-0.3, -0.25) is 0 Å². The van der Waals surface area contributed by atoms with Crippen LogP contribution in [0.1, 0.15) is 134 Å². The first-order valence-electron chi connectivity index (χ1n) is 27.0. The summed E-state index contributed by atoms with van der Waals surface area (Å²) >= 11 is 0. The van der Waals surface area contributed by atoms with Crippen molar-refractivity contribution in [2.45, 2.75) is 237 Å². The first kappa shape index (κ1) is 64.0. The van der Waals surface area contributed by atoms with Crippen LogP contribution in [0, 0.1) is 0 Å². The Morgan fingerprint density at radius 2 is 1.23 bits per heavy atom. The Kier molecular flexibility index (Phi) is 22.3. The number of likely N-dealkylation sites (N-methyl/N-ethyl adjacent to an activating group) is 1. The van der Waals surface area contributed by atoms with E-state index in [9.17, 15) is 39.3 Å². The van der Waals surface area contributed by atoms with Crippen LogP contribution in [0.15, 0.2) is 30.3 Å². The van der Waals surface area contributed by atoms with Gasteiger partial charge < -0.3 is 93.2 Å². The molecule has 4 fully saturated rings. The third-order valence-corrected chi connectivity index (χ3v) is 12.7. The number of rotatable bonds is 16. The van der Waals surface area contributed by atoms with Crippen LogP contribution in [0.2, 0.25) is 0 Å². The minimum absolute atomic E-state index is 0.0297. The predicted molar refractivity (Wildman–Crippen MR) is 280 cm³/mol. The number of nitrogens with one attached hydrogen (secondary N) is 3. The highest BCUT2D eigenvalue weighted by atomic mass is 16.7. The first-order valence-corrected chi connectivity index (χ1v) is 27.0. The van der Waals surface area contributed by atoms with E-state index in [0.29, 0.717) is 18.6 Å². The lowest BCUT2D eigenvalue weighted by Crippen LogP contribution is -2.70. The van der Waals surface area contributed by atoms with Crippen LogP contribution >= 0.6 is 0 Å². The van der Waals surface area contributed by atoms with E-state index in [-0.39, 0.29) is 45.6 Å². The largest absolute Gasteiger partial charge is 0.445 e. The lowest BCUT2D eigenvalue weighted by molar-refractivity contribution is -0.314. The van der Waals surface area contributed by atoms with Gasteiger partial charge in [0.1, 0.15) is 59.0 Å². The maximum atomic E-state index is 13.8. The number of nitrogens with zero attached hydrogens (tertiary/aromatic N) is 2. The Morgan fingerprint density at radius 1 is 0.679 bits per heavy atom. The van der Waals surface area contributed by atoms with Gasteiger partial charge in [-0.1, -0.05) is 30.3 Å². The van der Waals surface area contributed by atoms with Crippen LogP contribution in [0.5, 0.6) is 0 Å². The number of aliphatic hydroxyl groups is 3. The number of benzene rings is 1. The number of amides is 5. The summed E-state index contributed by atoms with van der Waals surface area (Å²) in [6, 6.07) is 4.01. The van der Waals surface area contributed by atoms with E-state index in [1.54, 1.807) is 113 Å². The Morgan fingerprint density at radius 3 is 1.79 bits per heavy atom. The molecule has 1 aromatic rings. The molecule has 24 heteroatoms. The van der Waals surface area contributed by atoms with Crippen molar-refractivity contribution in [3.05, 3.63) is 35.9 Å². The lowest BCUT2D eigenvalue weighted by Gasteiger charge is -2.50. The quantitative estimate of drug-likeness (QED) is 0.110. The molecule has 444 valence electrons. The summed E-state index contributed by atoms with van der Waals surface area (Å²) < 4.78 is 65.9. The molecule has 3 saturated heterocycles. The first-order chi connectivity index (χ1) is 36.2. The number of carbonyl (C=O) groups excluding carboxylic acids is 5. The summed E-state index contributed by atoms with van der Waals surface area (Å²) in [5.74, 6) is 0. The Labute approximate surface area is 459 Å². The number of hydrogen-bond donors (Lipinski definition) is 6. The fraction of sp³-hybridized carbons (Fsp3) is 0.796. The van der Waals surface area contributed by atoms with Gasteiger partial charge in [-0.25, -0.2) is 24.0 Å². The molecule has 4 aliphatic rings. The molecule has 1 aliphatic carbocycles. The second-order valence-electron chi connectivity index (χ2n) is 24.6. The Balaban J connectivity index is 1.53. The fourth-order valence-electron chi connectivity index (χ4n) is 9.37. The van der Waals surface area contributed by atoms with Crippen molar-refractivity contribution in [1.82, 2.24) is 25.8 Å². The third kappa shape index (κ3) is 20.4. The summed E-state index contributed by atoms with van der Waals surface area (Å²) in [5.41, 5.74) is -4.88. The zero-order valence-electron chi connectivity index (χ0n) is 48.1. The van der Waals surface area contributed by atoms with E-state index in [0.717, 1.165) is 17.7 Å². The average Bonchev–Trinajstić information content (AvgIpc) is 3.33. The molecular formula is C54H89N5O19. The molecule has 0 aromatic heterocycles. The summed E-state index contributed by atoms with van der Waals surface area (Å²) in [7, 11) is 1.34. The monoisotopic (exact) mass is 1110 g/mol. The van der Waals surface area contributed by atoms with E-state index < -0.39 is 139 Å². The third-order valence-electron chi connectivity index (χ3n) is 12.7. The van der Waals surface area contributed by atoms with E-state index in [2.05, 4.69) is 16.0 Å². The highest BCUT2D eigenvalue weighted by Crippen LogP contribution is 2.35. The summed E-state index contributed by atoms with van der Waals surface area (Å²) in [5, 5.41) is 44.8. The van der Waals surface area contributed by atoms with Gasteiger partial charge in [0.25, 0.3) is 0 Å². The summed E-state index contributed by atoms with van der Waals surface area (Å²) in [6.45, 7) is 21.8. The molecule has 5 amide bonds. The van der Waals surface area contributed by atoms with Crippen LogP contribution in [0.4, 0.5) is 24.0 Å². The van der Waals surface area contributed by atoms with Gasteiger partial charge in [0.05, 0.1) is 50.0 Å². The molecule has 1 aromatic carbocycles. The summed E-state index contributed by atoms with van der Waals surface area (Å²) in [6.07, 6.45) is -12.5. The Hall–Kier alpha value is -4.79. The van der Waals surface area contributed by atoms with E-state index in [4.69, 9.17) is 52.1 Å². The van der Waals surface area contributed by atoms with Gasteiger partial charge in [0.15, 0.2) is 18.9 Å². The molecule has 1 unspecified atom stereocenters. The van der Waals surface area contributed by atoms with Crippen LogP contribution < -0.4 is 16.0 Å². The zero-order valence-corrected chi connectivity index (χ0v) is 48.1. The number of alkyl carbamates (subject to hydrolysis) is 3. The molecule has 78 heavy (non-hydrogen) atoms. The van der Waals surface area contributed by atoms with Crippen molar-refractivity contribution >= 4 is 30.5 Å². The SMILES string of the molecule is CN(C(=O)OC(C)(C)C)[C@@H]1[C@@H](O)[C@@H](O[C@@H]2[C@@H](O)[C@H](O[C@H]3O[C@H](CN(CCOC4CCCCO4)C(=O)OC(C)(C)C)CC[C@H]3NC(=O)OC(C)(C)C)[C@@H](NC(=O)OC(C)(C)C)C[C@H]2NC(=O)OCc2ccccc2)OC[C@]1(C)O. The van der Waals surface area contributed by atoms with Crippen molar-refractivity contribution in [3.8, 4) is 0 Å². The standard InChI is InChI=1S/C54H89N5O19/c1-50(2,3)75-46(63)55-34-24-23-33(29-59(49(66)78-53(10,11)12)25-27-69-37-22-18-19-26-68-37)72-43(34)73-40-36(57-47(64)76-51(4,5)6)28-35(56-45(62)70-30-32-20-16-15-17-21-32)41(38(40)60)74-44-39(61)42(54(13,67)31-71-44)58(14)48(65)77-52(7,8)9/h15-17,20-21,33-44,60-61,67H,18-19,22-31H2,1-14H3,(H,55,63)(H,56,62)(H,57,64)/t33-,34+,35+,36-,37?,38-,39+,40+,41-,42+,43+,44+,54-/m0/s1. The zero-order chi connectivity index (χ0) is 58.0. The molecule has 0 radical (unpaired) electrons. The molecule has 0 bridgehead atoms. The van der Waals surface area contributed by atoms with Gasteiger partial charge in [-0.05, 0) is 134 Å². The average molecular weight is 1110 g/mol.